The van der Waals surface area contributed by atoms with Crippen molar-refractivity contribution >= 4 is 22.4 Å². The molecule has 2 N–H and O–H groups in total. The largest absolute Gasteiger partial charge is 0.492 e. The van der Waals surface area contributed by atoms with E-state index in [4.69, 9.17) is 4.74 Å². The van der Waals surface area contributed by atoms with Gasteiger partial charge in [-0.1, -0.05) is 6.07 Å². The van der Waals surface area contributed by atoms with E-state index in [1.807, 2.05) is 0 Å². The van der Waals surface area contributed by atoms with Crippen LogP contribution in [0.4, 0.5) is 9.39 Å². The molecule has 0 bridgehead atoms. The summed E-state index contributed by atoms with van der Waals surface area (Å²) in [5.74, 6) is -0.114. The van der Waals surface area contributed by atoms with Crippen molar-refractivity contribution in [2.24, 2.45) is 0 Å². The molecule has 0 saturated carbocycles. The van der Waals surface area contributed by atoms with Gasteiger partial charge in [0.25, 0.3) is 5.91 Å². The lowest BCUT2D eigenvalue weighted by Gasteiger charge is -2.08. The summed E-state index contributed by atoms with van der Waals surface area (Å²) in [6.45, 7) is 2.38. The first-order chi connectivity index (χ1) is 10.1. The zero-order chi connectivity index (χ0) is 15.2. The first kappa shape index (κ1) is 15.2. The van der Waals surface area contributed by atoms with Crippen LogP contribution >= 0.6 is 11.5 Å². The molecule has 1 amide bonds. The summed E-state index contributed by atoms with van der Waals surface area (Å²) in [6, 6.07) is 5.88. The molecule has 1 aromatic heterocycles. The van der Waals surface area contributed by atoms with Gasteiger partial charge in [0.05, 0.1) is 17.8 Å². The van der Waals surface area contributed by atoms with E-state index in [-0.39, 0.29) is 18.3 Å². The van der Waals surface area contributed by atoms with Crippen LogP contribution in [0.15, 0.2) is 24.3 Å². The number of amides is 1. The fourth-order valence-corrected chi connectivity index (χ4v) is 2.53. The minimum atomic E-state index is -0.352. The average Bonchev–Trinajstić information content (AvgIpc) is 2.84. The molecule has 21 heavy (non-hydrogen) atoms. The molecular formula is C14H16FN3O2S. The van der Waals surface area contributed by atoms with Gasteiger partial charge in [-0.2, -0.15) is 4.37 Å². The molecule has 5 nitrogen and oxygen atoms in total. The summed E-state index contributed by atoms with van der Waals surface area (Å²) in [5.41, 5.74) is 1.24. The second-order valence-corrected chi connectivity index (χ2v) is 5.06. The molecule has 0 fully saturated rings. The third-order valence-corrected chi connectivity index (χ3v) is 3.73. The number of benzene rings is 1. The zero-order valence-corrected chi connectivity index (χ0v) is 12.6. The van der Waals surface area contributed by atoms with Gasteiger partial charge < -0.3 is 15.4 Å². The number of hydrogen-bond acceptors (Lipinski definition) is 5. The molecule has 2 rings (SSSR count). The van der Waals surface area contributed by atoms with Gasteiger partial charge in [-0.05, 0) is 30.6 Å². The quantitative estimate of drug-likeness (QED) is 0.805. The van der Waals surface area contributed by atoms with E-state index in [0.29, 0.717) is 23.6 Å². The molecule has 0 spiro atoms. The lowest BCUT2D eigenvalue weighted by Crippen LogP contribution is -2.28. The van der Waals surface area contributed by atoms with Crippen LogP contribution in [0.1, 0.15) is 16.1 Å². The smallest absolute Gasteiger partial charge is 0.256 e. The highest BCUT2D eigenvalue weighted by molar-refractivity contribution is 7.10. The van der Waals surface area contributed by atoms with Crippen molar-refractivity contribution in [1.82, 2.24) is 9.69 Å². The normalized spacial score (nSPS) is 10.2. The van der Waals surface area contributed by atoms with Gasteiger partial charge in [-0.25, -0.2) is 4.39 Å². The summed E-state index contributed by atoms with van der Waals surface area (Å²) in [4.78, 5) is 12.1. The van der Waals surface area contributed by atoms with Crippen LogP contribution in [0.5, 0.6) is 5.75 Å². The second-order valence-electron chi connectivity index (χ2n) is 4.28. The number of anilines is 1. The first-order valence-corrected chi connectivity index (χ1v) is 7.19. The monoisotopic (exact) mass is 309 g/mol. The van der Waals surface area contributed by atoms with Crippen LogP contribution in [0.3, 0.4) is 0 Å². The van der Waals surface area contributed by atoms with Gasteiger partial charge >= 0.3 is 0 Å². The van der Waals surface area contributed by atoms with E-state index >= 15 is 0 Å². The maximum atomic E-state index is 13.0. The molecular weight excluding hydrogens is 293 g/mol. The van der Waals surface area contributed by atoms with Crippen LogP contribution < -0.4 is 15.4 Å². The molecule has 2 aromatic rings. The van der Waals surface area contributed by atoms with Crippen molar-refractivity contribution in [3.8, 4) is 5.75 Å². The minimum Gasteiger partial charge on any atom is -0.492 e. The highest BCUT2D eigenvalue weighted by Crippen LogP contribution is 2.23. The van der Waals surface area contributed by atoms with Crippen molar-refractivity contribution in [3.05, 3.63) is 41.3 Å². The number of nitrogens with one attached hydrogen (secondary N) is 2. The number of carbonyl (C=O) groups excluding carboxylic acids is 1. The van der Waals surface area contributed by atoms with Gasteiger partial charge in [0.2, 0.25) is 0 Å². The molecule has 0 radical (unpaired) electrons. The number of halogens is 1. The summed E-state index contributed by atoms with van der Waals surface area (Å²) >= 11 is 1.25. The van der Waals surface area contributed by atoms with Gasteiger partial charge in [-0.15, -0.1) is 0 Å². The van der Waals surface area contributed by atoms with E-state index in [1.54, 1.807) is 26.1 Å². The Kier molecular flexibility index (Phi) is 5.10. The molecule has 0 atom stereocenters. The molecule has 0 unspecified atom stereocenters. The highest BCUT2D eigenvalue weighted by Gasteiger charge is 2.16. The lowest BCUT2D eigenvalue weighted by molar-refractivity contribution is 0.0947. The second kappa shape index (κ2) is 7.03. The van der Waals surface area contributed by atoms with Crippen LogP contribution in [-0.4, -0.2) is 30.5 Å². The van der Waals surface area contributed by atoms with Crippen LogP contribution in [0.25, 0.3) is 0 Å². The molecule has 7 heteroatoms. The molecule has 0 aliphatic heterocycles. The summed E-state index contributed by atoms with van der Waals surface area (Å²) in [7, 11) is 1.75. The summed E-state index contributed by atoms with van der Waals surface area (Å²) < 4.78 is 22.5. The fraction of sp³-hybridized carbons (Fsp3) is 0.286. The molecule has 0 saturated heterocycles. The van der Waals surface area contributed by atoms with Crippen LogP contribution in [-0.2, 0) is 0 Å². The highest BCUT2D eigenvalue weighted by atomic mass is 32.1. The lowest BCUT2D eigenvalue weighted by atomic mass is 10.2. The average molecular weight is 309 g/mol. The molecule has 112 valence electrons. The number of rotatable bonds is 6. The fourth-order valence-electron chi connectivity index (χ4n) is 1.79. The van der Waals surface area contributed by atoms with Gasteiger partial charge in [0, 0.05) is 13.1 Å². The third kappa shape index (κ3) is 3.91. The van der Waals surface area contributed by atoms with E-state index in [2.05, 4.69) is 15.0 Å². The SMILES string of the molecule is CNc1snc(C)c1C(=O)NCCOc1cccc(F)c1. The van der Waals surface area contributed by atoms with Crippen molar-refractivity contribution in [3.63, 3.8) is 0 Å². The zero-order valence-electron chi connectivity index (χ0n) is 11.8. The van der Waals surface area contributed by atoms with Crippen LogP contribution in [0.2, 0.25) is 0 Å². The number of aryl methyl sites for hydroxylation is 1. The Morgan fingerprint density at radius 2 is 2.29 bits per heavy atom. The topological polar surface area (TPSA) is 63.2 Å². The minimum absolute atomic E-state index is 0.201. The summed E-state index contributed by atoms with van der Waals surface area (Å²) in [5, 5.41) is 6.43. The number of hydrogen-bond donors (Lipinski definition) is 2. The molecule has 0 aliphatic rings. The van der Waals surface area contributed by atoms with Gasteiger partial charge in [-0.3, -0.25) is 4.79 Å². The van der Waals surface area contributed by atoms with Crippen molar-refractivity contribution < 1.29 is 13.9 Å². The van der Waals surface area contributed by atoms with Crippen molar-refractivity contribution in [2.75, 3.05) is 25.5 Å². The van der Waals surface area contributed by atoms with E-state index < -0.39 is 0 Å². The summed E-state index contributed by atoms with van der Waals surface area (Å²) in [6.07, 6.45) is 0. The van der Waals surface area contributed by atoms with Crippen LogP contribution in [0, 0.1) is 12.7 Å². The Bertz CT molecular complexity index is 630. The maximum absolute atomic E-state index is 13.0. The molecule has 1 heterocycles. The Morgan fingerprint density at radius 1 is 1.48 bits per heavy atom. The number of nitrogens with zero attached hydrogens (tertiary/aromatic N) is 1. The Morgan fingerprint density at radius 3 is 3.00 bits per heavy atom. The Labute approximate surface area is 126 Å². The molecule has 0 aliphatic carbocycles. The van der Waals surface area contributed by atoms with Crippen molar-refractivity contribution in [1.29, 1.82) is 0 Å². The Balaban J connectivity index is 1.83. The van der Waals surface area contributed by atoms with E-state index in [0.717, 1.165) is 5.00 Å². The van der Waals surface area contributed by atoms with Gasteiger partial charge in [0.15, 0.2) is 0 Å². The predicted molar refractivity (Wildman–Crippen MR) is 80.6 cm³/mol. The number of carbonyl (C=O) groups is 1. The Hall–Kier alpha value is -2.15. The van der Waals surface area contributed by atoms with E-state index in [1.165, 1.54) is 23.7 Å². The standard InChI is InChI=1S/C14H16FN3O2S/c1-9-12(14(16-2)21-18-9)13(19)17-6-7-20-11-5-3-4-10(15)8-11/h3-5,8,16H,6-7H2,1-2H3,(H,17,19). The number of aromatic nitrogens is 1. The maximum Gasteiger partial charge on any atom is 0.256 e. The predicted octanol–water partition coefficient (Wildman–Crippen LogP) is 2.44. The molecule has 1 aromatic carbocycles. The van der Waals surface area contributed by atoms with E-state index in [9.17, 15) is 9.18 Å². The van der Waals surface area contributed by atoms with Crippen molar-refractivity contribution in [2.45, 2.75) is 6.92 Å². The number of ether oxygens (including phenoxy) is 1. The van der Waals surface area contributed by atoms with Gasteiger partial charge in [0.1, 0.15) is 23.2 Å². The third-order valence-electron chi connectivity index (χ3n) is 2.77. The first-order valence-electron chi connectivity index (χ1n) is 6.42.